The largest absolute Gasteiger partial charge is 0.497 e. The van der Waals surface area contributed by atoms with Crippen molar-refractivity contribution in [3.63, 3.8) is 0 Å². The summed E-state index contributed by atoms with van der Waals surface area (Å²) in [6.45, 7) is 5.77. The molecule has 0 fully saturated rings. The first-order chi connectivity index (χ1) is 15.4. The lowest BCUT2D eigenvalue weighted by Gasteiger charge is -2.24. The Labute approximate surface area is 185 Å². The highest BCUT2D eigenvalue weighted by Crippen LogP contribution is 2.41. The molecule has 1 atom stereocenters. The van der Waals surface area contributed by atoms with Crippen LogP contribution in [0, 0.1) is 20.8 Å². The molecule has 1 amide bonds. The average molecular weight is 426 g/mol. The van der Waals surface area contributed by atoms with Crippen LogP contribution in [0.15, 0.2) is 63.8 Å². The zero-order valence-electron chi connectivity index (χ0n) is 18.3. The van der Waals surface area contributed by atoms with Crippen molar-refractivity contribution < 1.29 is 13.9 Å². The molecule has 2 aromatic carbocycles. The molecule has 1 aliphatic heterocycles. The van der Waals surface area contributed by atoms with Crippen molar-refractivity contribution >= 4 is 22.7 Å². The van der Waals surface area contributed by atoms with Crippen molar-refractivity contribution in [2.75, 3.05) is 12.0 Å². The van der Waals surface area contributed by atoms with Gasteiger partial charge in [0.25, 0.3) is 5.91 Å². The number of methoxy groups -OCH3 is 1. The third-order valence-corrected chi connectivity index (χ3v) is 6.04. The van der Waals surface area contributed by atoms with E-state index in [1.54, 1.807) is 18.1 Å². The number of pyridine rings is 1. The number of anilines is 1. The van der Waals surface area contributed by atoms with Crippen molar-refractivity contribution in [3.05, 3.63) is 98.5 Å². The zero-order chi connectivity index (χ0) is 22.6. The first-order valence-electron chi connectivity index (χ1n) is 10.4. The normalized spacial score (nSPS) is 15.3. The SMILES string of the molecule is COc1ccc([C@@H]2c3c(oc4cc(C)c(C)cc4c3=O)C(=O)N2c2cccc(C)n2)cc1. The van der Waals surface area contributed by atoms with Gasteiger partial charge < -0.3 is 9.15 Å². The van der Waals surface area contributed by atoms with E-state index in [0.717, 1.165) is 22.4 Å². The van der Waals surface area contributed by atoms with Gasteiger partial charge in [0.05, 0.1) is 24.1 Å². The lowest BCUT2D eigenvalue weighted by Crippen LogP contribution is -2.30. The minimum atomic E-state index is -0.653. The molecule has 160 valence electrons. The molecule has 0 saturated carbocycles. The van der Waals surface area contributed by atoms with Crippen LogP contribution in [0.3, 0.4) is 0 Å². The number of carbonyl (C=O) groups excluding carboxylic acids is 1. The van der Waals surface area contributed by atoms with E-state index in [9.17, 15) is 9.59 Å². The number of hydrogen-bond acceptors (Lipinski definition) is 5. The Morgan fingerprint density at radius 1 is 0.969 bits per heavy atom. The van der Waals surface area contributed by atoms with E-state index >= 15 is 0 Å². The van der Waals surface area contributed by atoms with Crippen LogP contribution in [0.5, 0.6) is 5.75 Å². The lowest BCUT2D eigenvalue weighted by atomic mass is 9.97. The van der Waals surface area contributed by atoms with E-state index < -0.39 is 6.04 Å². The van der Waals surface area contributed by atoms with E-state index in [4.69, 9.17) is 9.15 Å². The lowest BCUT2D eigenvalue weighted by molar-refractivity contribution is 0.0970. The Hall–Kier alpha value is -3.93. The summed E-state index contributed by atoms with van der Waals surface area (Å²) >= 11 is 0. The molecule has 0 spiro atoms. The summed E-state index contributed by atoms with van der Waals surface area (Å²) in [5.74, 6) is 0.847. The van der Waals surface area contributed by atoms with Gasteiger partial charge >= 0.3 is 0 Å². The van der Waals surface area contributed by atoms with Crippen molar-refractivity contribution in [1.29, 1.82) is 0 Å². The van der Waals surface area contributed by atoms with Gasteiger partial charge in [0.1, 0.15) is 17.2 Å². The van der Waals surface area contributed by atoms with Gasteiger partial charge in [-0.3, -0.25) is 14.5 Å². The monoisotopic (exact) mass is 426 g/mol. The number of aryl methyl sites for hydroxylation is 3. The van der Waals surface area contributed by atoms with Crippen molar-refractivity contribution in [2.24, 2.45) is 0 Å². The van der Waals surface area contributed by atoms with Gasteiger partial charge in [0, 0.05) is 5.69 Å². The van der Waals surface area contributed by atoms with E-state index in [0.29, 0.717) is 28.1 Å². The minimum absolute atomic E-state index is 0.0647. The highest BCUT2D eigenvalue weighted by atomic mass is 16.5. The number of benzene rings is 2. The van der Waals surface area contributed by atoms with Crippen LogP contribution in [-0.2, 0) is 0 Å². The van der Waals surface area contributed by atoms with Gasteiger partial charge in [-0.15, -0.1) is 0 Å². The summed E-state index contributed by atoms with van der Waals surface area (Å²) in [4.78, 5) is 33.4. The molecular formula is C26H22N2O4. The Kier molecular flexibility index (Phi) is 4.59. The highest BCUT2D eigenvalue weighted by molar-refractivity contribution is 6.10. The predicted octanol–water partition coefficient (Wildman–Crippen LogP) is 4.87. The maximum atomic E-state index is 13.7. The third-order valence-electron chi connectivity index (χ3n) is 6.04. The van der Waals surface area contributed by atoms with E-state index in [-0.39, 0.29) is 17.1 Å². The quantitative estimate of drug-likeness (QED) is 0.467. The van der Waals surface area contributed by atoms with E-state index in [2.05, 4.69) is 4.98 Å². The van der Waals surface area contributed by atoms with Gasteiger partial charge in [-0.25, -0.2) is 4.98 Å². The summed E-state index contributed by atoms with van der Waals surface area (Å²) in [6.07, 6.45) is 0. The van der Waals surface area contributed by atoms with Gasteiger partial charge in [-0.1, -0.05) is 18.2 Å². The summed E-state index contributed by atoms with van der Waals surface area (Å²) in [7, 11) is 1.59. The molecule has 0 aliphatic carbocycles. The summed E-state index contributed by atoms with van der Waals surface area (Å²) in [6, 6.07) is 15.8. The standard InChI is InChI=1S/C26H22N2O4/c1-14-12-19-20(13-15(14)2)32-25-22(24(19)29)23(17-8-10-18(31-4)11-9-17)28(26(25)30)21-7-5-6-16(3)27-21/h5-13,23H,1-4H3/t23-/m1/s1. The van der Waals surface area contributed by atoms with Crippen molar-refractivity contribution in [2.45, 2.75) is 26.8 Å². The van der Waals surface area contributed by atoms with E-state index in [1.807, 2.05) is 69.3 Å². The first kappa shape index (κ1) is 20.0. The molecule has 2 aromatic heterocycles. The van der Waals surface area contributed by atoms with Crippen molar-refractivity contribution in [3.8, 4) is 5.75 Å². The zero-order valence-corrected chi connectivity index (χ0v) is 18.3. The Bertz CT molecular complexity index is 1440. The Morgan fingerprint density at radius 2 is 1.69 bits per heavy atom. The Morgan fingerprint density at radius 3 is 2.38 bits per heavy atom. The van der Waals surface area contributed by atoms with Gasteiger partial charge in [-0.2, -0.15) is 0 Å². The molecule has 6 heteroatoms. The molecule has 0 saturated heterocycles. The highest BCUT2D eigenvalue weighted by Gasteiger charge is 2.44. The molecule has 6 nitrogen and oxygen atoms in total. The number of ether oxygens (including phenoxy) is 1. The molecule has 0 unspecified atom stereocenters. The molecule has 1 aliphatic rings. The van der Waals surface area contributed by atoms with Crippen LogP contribution in [0.2, 0.25) is 0 Å². The summed E-state index contributed by atoms with van der Waals surface area (Å²) in [5.41, 5.74) is 4.08. The van der Waals surface area contributed by atoms with Crippen molar-refractivity contribution in [1.82, 2.24) is 4.98 Å². The number of carbonyl (C=O) groups is 1. The van der Waals surface area contributed by atoms with Crippen LogP contribution < -0.4 is 15.1 Å². The number of nitrogens with zero attached hydrogens (tertiary/aromatic N) is 2. The van der Waals surface area contributed by atoms with Crippen LogP contribution >= 0.6 is 0 Å². The maximum Gasteiger partial charge on any atom is 0.296 e. The number of amides is 1. The molecule has 4 aromatic rings. The fraction of sp³-hybridized carbons (Fsp3) is 0.192. The smallest absolute Gasteiger partial charge is 0.296 e. The first-order valence-corrected chi connectivity index (χ1v) is 10.4. The predicted molar refractivity (Wildman–Crippen MR) is 123 cm³/mol. The van der Waals surface area contributed by atoms with Crippen LogP contribution in [0.25, 0.3) is 11.0 Å². The molecule has 32 heavy (non-hydrogen) atoms. The van der Waals surface area contributed by atoms with Gasteiger partial charge in [0.2, 0.25) is 5.76 Å². The second kappa shape index (κ2) is 7.34. The maximum absolute atomic E-state index is 13.7. The van der Waals surface area contributed by atoms with Gasteiger partial charge in [-0.05, 0) is 73.9 Å². The number of rotatable bonds is 3. The molecule has 5 rings (SSSR count). The molecular weight excluding hydrogens is 404 g/mol. The Balaban J connectivity index is 1.81. The second-order valence-corrected chi connectivity index (χ2v) is 8.09. The topological polar surface area (TPSA) is 72.6 Å². The second-order valence-electron chi connectivity index (χ2n) is 8.09. The number of fused-ring (bicyclic) bond motifs is 2. The summed E-state index contributed by atoms with van der Waals surface area (Å²) < 4.78 is 11.4. The molecule has 0 radical (unpaired) electrons. The van der Waals surface area contributed by atoms with Crippen LogP contribution in [0.1, 0.15) is 44.5 Å². The number of aromatic nitrogens is 1. The summed E-state index contributed by atoms with van der Waals surface area (Å²) in [5, 5.41) is 0.470. The fourth-order valence-corrected chi connectivity index (χ4v) is 4.23. The van der Waals surface area contributed by atoms with Crippen LogP contribution in [0.4, 0.5) is 5.82 Å². The minimum Gasteiger partial charge on any atom is -0.497 e. The number of hydrogen-bond donors (Lipinski definition) is 0. The average Bonchev–Trinajstić information content (AvgIpc) is 3.08. The molecule has 3 heterocycles. The van der Waals surface area contributed by atoms with Gasteiger partial charge in [0.15, 0.2) is 5.43 Å². The molecule has 0 N–H and O–H groups in total. The van der Waals surface area contributed by atoms with Crippen LogP contribution in [-0.4, -0.2) is 18.0 Å². The van der Waals surface area contributed by atoms with E-state index in [1.165, 1.54) is 0 Å². The fourth-order valence-electron chi connectivity index (χ4n) is 4.23. The third kappa shape index (κ3) is 2.99. The molecule has 0 bridgehead atoms.